The first-order valence-corrected chi connectivity index (χ1v) is 8.79. The van der Waals surface area contributed by atoms with Crippen molar-refractivity contribution in [3.63, 3.8) is 0 Å². The van der Waals surface area contributed by atoms with Gasteiger partial charge in [-0.2, -0.15) is 0 Å². The van der Waals surface area contributed by atoms with Gasteiger partial charge in [-0.15, -0.1) is 11.3 Å². The van der Waals surface area contributed by atoms with Gasteiger partial charge in [-0.25, -0.2) is 4.98 Å². The zero-order chi connectivity index (χ0) is 17.4. The van der Waals surface area contributed by atoms with Gasteiger partial charge in [0.1, 0.15) is 0 Å². The number of benzene rings is 2. The van der Waals surface area contributed by atoms with Gasteiger partial charge in [0.15, 0.2) is 17.1 Å². The first-order chi connectivity index (χ1) is 12.1. The van der Waals surface area contributed by atoms with Gasteiger partial charge in [-0.1, -0.05) is 12.1 Å². The van der Waals surface area contributed by atoms with Crippen molar-refractivity contribution in [3.8, 4) is 5.75 Å². The number of ether oxygens (including phenoxy) is 1. The second kappa shape index (κ2) is 6.22. The molecule has 2 aromatic heterocycles. The van der Waals surface area contributed by atoms with Gasteiger partial charge in [0.2, 0.25) is 0 Å². The second-order valence-corrected chi connectivity index (χ2v) is 6.82. The Morgan fingerprint density at radius 3 is 3.00 bits per heavy atom. The molecule has 0 spiro atoms. The summed E-state index contributed by atoms with van der Waals surface area (Å²) < 4.78 is 12.3. The molecule has 0 saturated heterocycles. The fraction of sp³-hybridized carbons (Fsp3) is 0.158. The number of furan rings is 1. The standard InChI is InChI=1S/C19H16N2O3S/c1-3-23-15-6-4-5-12-9-16(24-18(12)15)19(22)21-13-7-8-14-17(10-13)25-11(2)20-14/h4-10H,3H2,1-2H3,(H,21,22). The molecular formula is C19H16N2O3S. The minimum atomic E-state index is -0.292. The number of nitrogens with one attached hydrogen (secondary N) is 1. The molecule has 6 heteroatoms. The molecule has 126 valence electrons. The lowest BCUT2D eigenvalue weighted by Crippen LogP contribution is -2.10. The summed E-state index contributed by atoms with van der Waals surface area (Å²) >= 11 is 1.60. The molecule has 0 unspecified atom stereocenters. The summed E-state index contributed by atoms with van der Waals surface area (Å²) in [6, 6.07) is 13.0. The van der Waals surface area contributed by atoms with Crippen molar-refractivity contribution in [2.75, 3.05) is 11.9 Å². The number of carbonyl (C=O) groups excluding carboxylic acids is 1. The molecule has 0 bridgehead atoms. The lowest BCUT2D eigenvalue weighted by Gasteiger charge is -2.03. The molecule has 4 aromatic rings. The normalized spacial score (nSPS) is 11.1. The highest BCUT2D eigenvalue weighted by molar-refractivity contribution is 7.18. The molecule has 0 fully saturated rings. The summed E-state index contributed by atoms with van der Waals surface area (Å²) in [6.45, 7) is 4.41. The Hall–Kier alpha value is -2.86. The van der Waals surface area contributed by atoms with Crippen LogP contribution in [0, 0.1) is 6.92 Å². The molecular weight excluding hydrogens is 336 g/mol. The fourth-order valence-corrected chi connectivity index (χ4v) is 3.59. The summed E-state index contributed by atoms with van der Waals surface area (Å²) in [5.74, 6) is 0.600. The monoisotopic (exact) mass is 352 g/mol. The molecule has 2 heterocycles. The first-order valence-electron chi connectivity index (χ1n) is 7.98. The van der Waals surface area contributed by atoms with Crippen LogP contribution in [0.3, 0.4) is 0 Å². The number of nitrogens with zero attached hydrogens (tertiary/aromatic N) is 1. The van der Waals surface area contributed by atoms with Gasteiger partial charge in [-0.3, -0.25) is 4.79 Å². The number of thiazole rings is 1. The molecule has 0 aliphatic rings. The number of aryl methyl sites for hydroxylation is 1. The quantitative estimate of drug-likeness (QED) is 0.561. The fourth-order valence-electron chi connectivity index (χ4n) is 2.73. The van der Waals surface area contributed by atoms with Gasteiger partial charge in [0.25, 0.3) is 5.91 Å². The zero-order valence-electron chi connectivity index (χ0n) is 13.8. The first kappa shape index (κ1) is 15.7. The van der Waals surface area contributed by atoms with Crippen molar-refractivity contribution in [3.05, 3.63) is 53.2 Å². The summed E-state index contributed by atoms with van der Waals surface area (Å²) in [5.41, 5.74) is 2.24. The average molecular weight is 352 g/mol. The highest BCUT2D eigenvalue weighted by atomic mass is 32.1. The summed E-state index contributed by atoms with van der Waals surface area (Å²) in [5, 5.41) is 4.71. The van der Waals surface area contributed by atoms with Crippen LogP contribution in [0.5, 0.6) is 5.75 Å². The Balaban J connectivity index is 1.63. The van der Waals surface area contributed by atoms with E-state index in [4.69, 9.17) is 9.15 Å². The van der Waals surface area contributed by atoms with E-state index in [1.807, 2.05) is 50.2 Å². The number of aromatic nitrogens is 1. The van der Waals surface area contributed by atoms with Crippen LogP contribution in [0.15, 0.2) is 46.9 Å². The molecule has 0 saturated carbocycles. The van der Waals surface area contributed by atoms with Crippen molar-refractivity contribution in [2.24, 2.45) is 0 Å². The Labute approximate surface area is 148 Å². The molecule has 2 aromatic carbocycles. The predicted molar refractivity (Wildman–Crippen MR) is 99.7 cm³/mol. The summed E-state index contributed by atoms with van der Waals surface area (Å²) in [6.07, 6.45) is 0. The predicted octanol–water partition coefficient (Wildman–Crippen LogP) is 5.00. The molecule has 1 amide bonds. The molecule has 0 aliphatic carbocycles. The van der Waals surface area contributed by atoms with Crippen LogP contribution in [0.2, 0.25) is 0 Å². The van der Waals surface area contributed by atoms with Gasteiger partial charge in [0.05, 0.1) is 21.8 Å². The maximum Gasteiger partial charge on any atom is 0.291 e. The molecule has 0 atom stereocenters. The van der Waals surface area contributed by atoms with E-state index in [0.717, 1.165) is 20.6 Å². The number of fused-ring (bicyclic) bond motifs is 2. The molecule has 0 radical (unpaired) electrons. The van der Waals surface area contributed by atoms with Crippen LogP contribution in [0.1, 0.15) is 22.5 Å². The SMILES string of the molecule is CCOc1cccc2cc(C(=O)Nc3ccc4nc(C)sc4c3)oc12. The average Bonchev–Trinajstić information content (AvgIpc) is 3.18. The smallest absolute Gasteiger partial charge is 0.291 e. The van der Waals surface area contributed by atoms with Crippen LogP contribution in [-0.4, -0.2) is 17.5 Å². The molecule has 5 nitrogen and oxygen atoms in total. The van der Waals surface area contributed by atoms with Gasteiger partial charge in [-0.05, 0) is 44.2 Å². The highest BCUT2D eigenvalue weighted by Crippen LogP contribution is 2.30. The lowest BCUT2D eigenvalue weighted by molar-refractivity contribution is 0.0998. The summed E-state index contributed by atoms with van der Waals surface area (Å²) in [4.78, 5) is 17.0. The minimum Gasteiger partial charge on any atom is -0.490 e. The Morgan fingerprint density at radius 1 is 1.28 bits per heavy atom. The Bertz CT molecular complexity index is 1080. The van der Waals surface area contributed by atoms with Crippen LogP contribution in [0.25, 0.3) is 21.2 Å². The number of carbonyl (C=O) groups is 1. The lowest BCUT2D eigenvalue weighted by atomic mass is 10.2. The number of para-hydroxylation sites is 1. The van der Waals surface area contributed by atoms with Crippen LogP contribution >= 0.6 is 11.3 Å². The third-order valence-electron chi connectivity index (χ3n) is 3.78. The highest BCUT2D eigenvalue weighted by Gasteiger charge is 2.15. The minimum absolute atomic E-state index is 0.253. The van der Waals surface area contributed by atoms with Crippen LogP contribution < -0.4 is 10.1 Å². The third kappa shape index (κ3) is 2.96. The topological polar surface area (TPSA) is 64.4 Å². The number of anilines is 1. The van der Waals surface area contributed by atoms with Crippen LogP contribution in [0.4, 0.5) is 5.69 Å². The maximum atomic E-state index is 12.5. The molecule has 25 heavy (non-hydrogen) atoms. The van der Waals surface area contributed by atoms with E-state index in [2.05, 4.69) is 10.3 Å². The van der Waals surface area contributed by atoms with E-state index in [-0.39, 0.29) is 11.7 Å². The van der Waals surface area contributed by atoms with E-state index in [1.54, 1.807) is 17.4 Å². The van der Waals surface area contributed by atoms with Crippen molar-refractivity contribution in [1.82, 2.24) is 4.98 Å². The van der Waals surface area contributed by atoms with Gasteiger partial charge < -0.3 is 14.5 Å². The number of hydrogen-bond donors (Lipinski definition) is 1. The van der Waals surface area contributed by atoms with E-state index < -0.39 is 0 Å². The zero-order valence-corrected chi connectivity index (χ0v) is 14.6. The number of amides is 1. The van der Waals surface area contributed by atoms with E-state index in [0.29, 0.717) is 23.6 Å². The van der Waals surface area contributed by atoms with Crippen LogP contribution in [-0.2, 0) is 0 Å². The molecule has 4 rings (SSSR count). The third-order valence-corrected chi connectivity index (χ3v) is 4.72. The Kier molecular flexibility index (Phi) is 3.89. The molecule has 1 N–H and O–H groups in total. The number of hydrogen-bond acceptors (Lipinski definition) is 5. The van der Waals surface area contributed by atoms with E-state index in [9.17, 15) is 4.79 Å². The summed E-state index contributed by atoms with van der Waals surface area (Å²) in [7, 11) is 0. The van der Waals surface area contributed by atoms with E-state index in [1.165, 1.54) is 0 Å². The number of rotatable bonds is 4. The largest absolute Gasteiger partial charge is 0.490 e. The van der Waals surface area contributed by atoms with Crippen molar-refractivity contribution in [1.29, 1.82) is 0 Å². The van der Waals surface area contributed by atoms with E-state index >= 15 is 0 Å². The van der Waals surface area contributed by atoms with Crippen molar-refractivity contribution >= 4 is 44.1 Å². The van der Waals surface area contributed by atoms with Gasteiger partial charge >= 0.3 is 0 Å². The Morgan fingerprint density at radius 2 is 2.16 bits per heavy atom. The van der Waals surface area contributed by atoms with Crippen molar-refractivity contribution < 1.29 is 13.9 Å². The van der Waals surface area contributed by atoms with Gasteiger partial charge in [0, 0.05) is 11.1 Å². The van der Waals surface area contributed by atoms with Crippen molar-refractivity contribution in [2.45, 2.75) is 13.8 Å². The maximum absolute atomic E-state index is 12.5. The second-order valence-electron chi connectivity index (χ2n) is 5.59. The molecule has 0 aliphatic heterocycles.